The normalized spacial score (nSPS) is 11.6. The van der Waals surface area contributed by atoms with Gasteiger partial charge in [-0.15, -0.1) is 5.10 Å². The van der Waals surface area contributed by atoms with Gasteiger partial charge in [-0.05, 0) is 25.0 Å². The summed E-state index contributed by atoms with van der Waals surface area (Å²) in [7, 11) is -2.08. The van der Waals surface area contributed by atoms with Gasteiger partial charge < -0.3 is 0 Å². The predicted molar refractivity (Wildman–Crippen MR) is 89.1 cm³/mol. The van der Waals surface area contributed by atoms with Crippen molar-refractivity contribution >= 4 is 16.0 Å². The molecule has 2 heterocycles. The summed E-state index contributed by atoms with van der Waals surface area (Å²) in [6, 6.07) is 7.94. The fraction of sp³-hybridized carbons (Fsp3) is 0.267. The number of aromatic nitrogens is 5. The van der Waals surface area contributed by atoms with Crippen molar-refractivity contribution in [1.29, 1.82) is 0 Å². The summed E-state index contributed by atoms with van der Waals surface area (Å²) in [5.41, 5.74) is 2.78. The Balaban J connectivity index is 1.79. The first-order valence-electron chi connectivity index (χ1n) is 7.32. The van der Waals surface area contributed by atoms with E-state index in [1.54, 1.807) is 18.7 Å². The van der Waals surface area contributed by atoms with Gasteiger partial charge in [0.05, 0.1) is 18.4 Å². The van der Waals surface area contributed by atoms with Crippen LogP contribution in [0.1, 0.15) is 16.8 Å². The second kappa shape index (κ2) is 6.08. The minimum atomic E-state index is -3.76. The zero-order chi connectivity index (χ0) is 17.3. The number of aryl methyl sites for hydroxylation is 2. The van der Waals surface area contributed by atoms with E-state index < -0.39 is 10.0 Å². The van der Waals surface area contributed by atoms with Crippen molar-refractivity contribution in [3.8, 4) is 0 Å². The number of hydrogen-bond donors (Lipinski definition) is 1. The highest BCUT2D eigenvalue weighted by Crippen LogP contribution is 2.16. The van der Waals surface area contributed by atoms with Gasteiger partial charge in [-0.3, -0.25) is 4.68 Å². The molecule has 0 fully saturated rings. The Morgan fingerprint density at radius 2 is 1.96 bits per heavy atom. The molecule has 24 heavy (non-hydrogen) atoms. The Morgan fingerprint density at radius 3 is 2.62 bits per heavy atom. The molecule has 3 rings (SSSR count). The summed E-state index contributed by atoms with van der Waals surface area (Å²) in [5.74, 6) is 0.0341. The van der Waals surface area contributed by atoms with E-state index in [4.69, 9.17) is 0 Å². The fourth-order valence-electron chi connectivity index (χ4n) is 2.30. The molecule has 1 N–H and O–H groups in total. The van der Waals surface area contributed by atoms with Gasteiger partial charge in [-0.1, -0.05) is 24.3 Å². The highest BCUT2D eigenvalue weighted by atomic mass is 32.2. The molecule has 1 aromatic carbocycles. The molecule has 8 nitrogen and oxygen atoms in total. The van der Waals surface area contributed by atoms with E-state index in [2.05, 4.69) is 19.9 Å². The van der Waals surface area contributed by atoms with Gasteiger partial charge in [0.1, 0.15) is 11.2 Å². The van der Waals surface area contributed by atoms with E-state index in [9.17, 15) is 8.42 Å². The largest absolute Gasteiger partial charge is 0.272 e. The number of nitrogens with zero attached hydrogens (tertiary/aromatic N) is 5. The topological polar surface area (TPSA) is 94.7 Å². The molecular weight excluding hydrogens is 328 g/mol. The highest BCUT2D eigenvalue weighted by molar-refractivity contribution is 7.92. The average Bonchev–Trinajstić information content (AvgIpc) is 3.09. The average molecular weight is 346 g/mol. The van der Waals surface area contributed by atoms with Crippen molar-refractivity contribution in [2.45, 2.75) is 25.3 Å². The standard InChI is InChI=1S/C15H18N6O2S/c1-11-6-4-5-7-13(11)9-21-10-16-15(18-21)19-24(22,23)14-8-17-20(3)12(14)2/h4-8,10H,9H2,1-3H3,(H,18,19). The van der Waals surface area contributed by atoms with E-state index in [0.717, 1.165) is 11.1 Å². The molecule has 0 spiro atoms. The molecule has 0 unspecified atom stereocenters. The third-order valence-electron chi connectivity index (χ3n) is 3.84. The zero-order valence-corrected chi connectivity index (χ0v) is 14.4. The molecule has 0 aliphatic carbocycles. The van der Waals surface area contributed by atoms with Crippen LogP contribution in [0.5, 0.6) is 0 Å². The van der Waals surface area contributed by atoms with Gasteiger partial charge >= 0.3 is 0 Å². The number of benzene rings is 1. The molecule has 3 aromatic rings. The lowest BCUT2D eigenvalue weighted by molar-refractivity contribution is 0.599. The van der Waals surface area contributed by atoms with Crippen molar-refractivity contribution in [1.82, 2.24) is 24.5 Å². The number of hydrogen-bond acceptors (Lipinski definition) is 5. The number of anilines is 1. The van der Waals surface area contributed by atoms with Crippen molar-refractivity contribution < 1.29 is 8.42 Å². The van der Waals surface area contributed by atoms with Crippen LogP contribution in [-0.2, 0) is 23.6 Å². The Morgan fingerprint density at radius 1 is 1.21 bits per heavy atom. The van der Waals surface area contributed by atoms with Crippen LogP contribution in [0, 0.1) is 13.8 Å². The van der Waals surface area contributed by atoms with E-state index in [-0.39, 0.29) is 10.8 Å². The molecule has 0 atom stereocenters. The summed E-state index contributed by atoms with van der Waals surface area (Å²) >= 11 is 0. The lowest BCUT2D eigenvalue weighted by Crippen LogP contribution is -2.15. The molecular formula is C15H18N6O2S. The van der Waals surface area contributed by atoms with E-state index in [0.29, 0.717) is 12.2 Å². The molecule has 0 aliphatic heterocycles. The van der Waals surface area contributed by atoms with Gasteiger partial charge in [0.2, 0.25) is 0 Å². The predicted octanol–water partition coefficient (Wildman–Crippen LogP) is 1.48. The van der Waals surface area contributed by atoms with Crippen molar-refractivity contribution in [3.63, 3.8) is 0 Å². The molecule has 0 saturated heterocycles. The monoisotopic (exact) mass is 346 g/mol. The maximum Gasteiger partial charge on any atom is 0.267 e. The SMILES string of the molecule is Cc1ccccc1Cn1cnc(NS(=O)(=O)c2cnn(C)c2C)n1. The van der Waals surface area contributed by atoms with Crippen molar-refractivity contribution in [3.05, 3.63) is 53.6 Å². The first-order valence-corrected chi connectivity index (χ1v) is 8.80. The van der Waals surface area contributed by atoms with E-state index in [1.165, 1.54) is 17.2 Å². The minimum Gasteiger partial charge on any atom is -0.272 e. The summed E-state index contributed by atoms with van der Waals surface area (Å²) < 4.78 is 30.3. The Bertz CT molecular complexity index is 974. The maximum absolute atomic E-state index is 12.4. The van der Waals surface area contributed by atoms with Crippen LogP contribution in [0.4, 0.5) is 5.95 Å². The molecule has 9 heteroatoms. The van der Waals surface area contributed by atoms with Crippen LogP contribution < -0.4 is 4.72 Å². The first kappa shape index (κ1) is 16.2. The third-order valence-corrected chi connectivity index (χ3v) is 5.27. The number of nitrogens with one attached hydrogen (secondary N) is 1. The van der Waals surface area contributed by atoms with Crippen LogP contribution in [-0.4, -0.2) is 33.0 Å². The molecule has 0 saturated carbocycles. The smallest absolute Gasteiger partial charge is 0.267 e. The highest BCUT2D eigenvalue weighted by Gasteiger charge is 2.21. The summed E-state index contributed by atoms with van der Waals surface area (Å²) in [6.07, 6.45) is 2.81. The Hall–Kier alpha value is -2.68. The maximum atomic E-state index is 12.4. The molecule has 0 radical (unpaired) electrons. The Labute approximate surface area is 140 Å². The lowest BCUT2D eigenvalue weighted by Gasteiger charge is -2.05. The molecule has 2 aromatic heterocycles. The molecule has 0 aliphatic rings. The van der Waals surface area contributed by atoms with Gasteiger partial charge in [0, 0.05) is 7.05 Å². The van der Waals surface area contributed by atoms with Crippen molar-refractivity contribution in [2.24, 2.45) is 7.05 Å². The zero-order valence-electron chi connectivity index (χ0n) is 13.6. The van der Waals surface area contributed by atoms with Crippen LogP contribution in [0.2, 0.25) is 0 Å². The summed E-state index contributed by atoms with van der Waals surface area (Å²) in [5, 5.41) is 8.13. The quantitative estimate of drug-likeness (QED) is 0.755. The van der Waals surface area contributed by atoms with Gasteiger partial charge in [-0.25, -0.2) is 17.8 Å². The number of rotatable bonds is 5. The van der Waals surface area contributed by atoms with Crippen LogP contribution in [0.15, 0.2) is 41.7 Å². The fourth-order valence-corrected chi connectivity index (χ4v) is 3.45. The van der Waals surface area contributed by atoms with E-state index in [1.807, 2.05) is 31.2 Å². The van der Waals surface area contributed by atoms with Gasteiger partial charge in [-0.2, -0.15) is 10.1 Å². The number of sulfonamides is 1. The van der Waals surface area contributed by atoms with Crippen LogP contribution in [0.3, 0.4) is 0 Å². The van der Waals surface area contributed by atoms with Gasteiger partial charge in [0.15, 0.2) is 0 Å². The molecule has 0 amide bonds. The van der Waals surface area contributed by atoms with E-state index >= 15 is 0 Å². The molecule has 0 bridgehead atoms. The second-order valence-corrected chi connectivity index (χ2v) is 7.17. The van der Waals surface area contributed by atoms with Gasteiger partial charge in [0.25, 0.3) is 16.0 Å². The summed E-state index contributed by atoms with van der Waals surface area (Å²) in [6.45, 7) is 4.22. The van der Waals surface area contributed by atoms with Crippen molar-refractivity contribution in [2.75, 3.05) is 4.72 Å². The second-order valence-electron chi connectivity index (χ2n) is 5.52. The summed E-state index contributed by atoms with van der Waals surface area (Å²) in [4.78, 5) is 4.13. The van der Waals surface area contributed by atoms with Crippen LogP contribution >= 0.6 is 0 Å². The molecule has 126 valence electrons. The Kier molecular flexibility index (Phi) is 4.10. The first-order chi connectivity index (χ1) is 11.4. The van der Waals surface area contributed by atoms with Crippen LogP contribution in [0.25, 0.3) is 0 Å². The lowest BCUT2D eigenvalue weighted by atomic mass is 10.1. The third kappa shape index (κ3) is 3.16. The minimum absolute atomic E-state index is 0.0341.